The molecule has 1 unspecified atom stereocenters. The summed E-state index contributed by atoms with van der Waals surface area (Å²) in [6.45, 7) is 3.34. The summed E-state index contributed by atoms with van der Waals surface area (Å²) in [6.07, 6.45) is 1.93. The lowest BCUT2D eigenvalue weighted by Gasteiger charge is -2.06. The fraction of sp³-hybridized carbons (Fsp3) is 0.857. The third kappa shape index (κ3) is 2.35. The van der Waals surface area contributed by atoms with Crippen LogP contribution in [0.5, 0.6) is 0 Å². The van der Waals surface area contributed by atoms with Crippen LogP contribution in [-0.4, -0.2) is 30.1 Å². The Morgan fingerprint density at radius 3 is 3.10 bits per heavy atom. The van der Waals surface area contributed by atoms with E-state index in [0.717, 1.165) is 25.2 Å². The monoisotopic (exact) mass is 142 g/mol. The van der Waals surface area contributed by atoms with E-state index < -0.39 is 0 Å². The van der Waals surface area contributed by atoms with Crippen LogP contribution in [-0.2, 0) is 0 Å². The molecule has 3 nitrogen and oxygen atoms in total. The highest BCUT2D eigenvalue weighted by atomic mass is 16.3. The van der Waals surface area contributed by atoms with Gasteiger partial charge in [-0.3, -0.25) is 4.99 Å². The summed E-state index contributed by atoms with van der Waals surface area (Å²) in [5.41, 5.74) is 0. The molecule has 0 aromatic carbocycles. The van der Waals surface area contributed by atoms with Gasteiger partial charge in [0.1, 0.15) is 0 Å². The first-order valence-corrected chi connectivity index (χ1v) is 3.74. The molecule has 1 heterocycles. The van der Waals surface area contributed by atoms with Gasteiger partial charge in [0.05, 0.1) is 11.9 Å². The van der Waals surface area contributed by atoms with Crippen molar-refractivity contribution in [2.24, 2.45) is 4.99 Å². The maximum Gasteiger partial charge on any atom is 0.0964 e. The van der Waals surface area contributed by atoms with Crippen molar-refractivity contribution in [3.63, 3.8) is 0 Å². The first kappa shape index (κ1) is 7.54. The van der Waals surface area contributed by atoms with Gasteiger partial charge in [-0.2, -0.15) is 0 Å². The lowest BCUT2D eigenvalue weighted by Crippen LogP contribution is -2.29. The third-order valence-electron chi connectivity index (χ3n) is 1.48. The Morgan fingerprint density at radius 1 is 1.80 bits per heavy atom. The van der Waals surface area contributed by atoms with Crippen molar-refractivity contribution in [3.05, 3.63) is 0 Å². The van der Waals surface area contributed by atoms with Gasteiger partial charge in [0.2, 0.25) is 0 Å². The fourth-order valence-corrected chi connectivity index (χ4v) is 0.949. The number of amidine groups is 1. The molecule has 2 N–H and O–H groups in total. The van der Waals surface area contributed by atoms with Crippen LogP contribution in [0.2, 0.25) is 0 Å². The minimum Gasteiger partial charge on any atom is -0.392 e. The number of aliphatic hydroxyl groups is 1. The minimum absolute atomic E-state index is 0.275. The van der Waals surface area contributed by atoms with Crippen LogP contribution in [0, 0.1) is 0 Å². The van der Waals surface area contributed by atoms with Gasteiger partial charge < -0.3 is 10.4 Å². The molecule has 0 spiro atoms. The number of rotatable bonds is 2. The summed E-state index contributed by atoms with van der Waals surface area (Å²) in [5.74, 6) is 1.06. The maximum absolute atomic E-state index is 8.90. The van der Waals surface area contributed by atoms with Crippen molar-refractivity contribution >= 4 is 5.84 Å². The zero-order valence-corrected chi connectivity index (χ0v) is 6.30. The average molecular weight is 142 g/mol. The zero-order valence-electron chi connectivity index (χ0n) is 6.30. The summed E-state index contributed by atoms with van der Waals surface area (Å²) < 4.78 is 0. The quantitative estimate of drug-likeness (QED) is 0.576. The number of hydrogen-bond acceptors (Lipinski definition) is 3. The van der Waals surface area contributed by atoms with Crippen molar-refractivity contribution < 1.29 is 5.11 Å². The molecule has 1 rings (SSSR count). The first-order chi connectivity index (χ1) is 4.79. The van der Waals surface area contributed by atoms with Gasteiger partial charge in [-0.15, -0.1) is 0 Å². The van der Waals surface area contributed by atoms with E-state index in [9.17, 15) is 0 Å². The molecule has 1 aliphatic rings. The second kappa shape index (κ2) is 3.56. The summed E-state index contributed by atoms with van der Waals surface area (Å²) in [5, 5.41) is 12.0. The Morgan fingerprint density at radius 2 is 2.60 bits per heavy atom. The molecule has 0 saturated carbocycles. The van der Waals surface area contributed by atoms with Crippen molar-refractivity contribution in [2.75, 3.05) is 13.1 Å². The maximum atomic E-state index is 8.90. The van der Waals surface area contributed by atoms with E-state index in [1.165, 1.54) is 0 Å². The van der Waals surface area contributed by atoms with Crippen LogP contribution in [0.4, 0.5) is 0 Å². The van der Waals surface area contributed by atoms with Crippen molar-refractivity contribution in [2.45, 2.75) is 25.9 Å². The van der Waals surface area contributed by atoms with E-state index >= 15 is 0 Å². The molecule has 58 valence electrons. The van der Waals surface area contributed by atoms with Gasteiger partial charge in [0, 0.05) is 19.5 Å². The van der Waals surface area contributed by atoms with Gasteiger partial charge in [0.15, 0.2) is 0 Å². The normalized spacial score (nSPS) is 20.4. The second-order valence-corrected chi connectivity index (χ2v) is 2.66. The smallest absolute Gasteiger partial charge is 0.0964 e. The van der Waals surface area contributed by atoms with E-state index in [2.05, 4.69) is 10.3 Å². The van der Waals surface area contributed by atoms with E-state index in [1.54, 1.807) is 6.92 Å². The van der Waals surface area contributed by atoms with E-state index in [0.29, 0.717) is 6.54 Å². The molecule has 0 aliphatic carbocycles. The third-order valence-corrected chi connectivity index (χ3v) is 1.48. The fourth-order valence-electron chi connectivity index (χ4n) is 0.949. The summed E-state index contributed by atoms with van der Waals surface area (Å²) in [4.78, 5) is 4.20. The van der Waals surface area contributed by atoms with Crippen molar-refractivity contribution in [3.8, 4) is 0 Å². The molecular weight excluding hydrogens is 128 g/mol. The van der Waals surface area contributed by atoms with Crippen LogP contribution in [0.15, 0.2) is 4.99 Å². The topological polar surface area (TPSA) is 44.6 Å². The number of aliphatic imine (C=N–C) groups is 1. The minimum atomic E-state index is -0.275. The predicted molar refractivity (Wildman–Crippen MR) is 41.2 cm³/mol. The van der Waals surface area contributed by atoms with Crippen LogP contribution >= 0.6 is 0 Å². The van der Waals surface area contributed by atoms with Crippen LogP contribution in [0.3, 0.4) is 0 Å². The Bertz CT molecular complexity index is 132. The highest BCUT2D eigenvalue weighted by Gasteiger charge is 2.05. The van der Waals surface area contributed by atoms with Crippen molar-refractivity contribution in [1.82, 2.24) is 5.32 Å². The standard InChI is InChI=1S/C7H14N2O/c1-6(10)5-9-7-3-2-4-8-7/h6,10H,2-5H2,1H3,(H,8,9). The summed E-state index contributed by atoms with van der Waals surface area (Å²) >= 11 is 0. The van der Waals surface area contributed by atoms with Gasteiger partial charge >= 0.3 is 0 Å². The highest BCUT2D eigenvalue weighted by molar-refractivity contribution is 5.83. The Labute approximate surface area is 61.2 Å². The highest BCUT2D eigenvalue weighted by Crippen LogP contribution is 2.00. The molecular formula is C7H14N2O. The Hall–Kier alpha value is -0.570. The van der Waals surface area contributed by atoms with Crippen LogP contribution in [0.25, 0.3) is 0 Å². The van der Waals surface area contributed by atoms with Crippen LogP contribution in [0.1, 0.15) is 19.8 Å². The van der Waals surface area contributed by atoms with Gasteiger partial charge in [-0.1, -0.05) is 0 Å². The molecule has 0 saturated heterocycles. The molecule has 1 atom stereocenters. The number of hydrogen-bond donors (Lipinski definition) is 2. The average Bonchev–Trinajstić information content (AvgIpc) is 2.34. The summed E-state index contributed by atoms with van der Waals surface area (Å²) in [6, 6.07) is 0. The Kier molecular flexibility index (Phi) is 2.68. The van der Waals surface area contributed by atoms with Gasteiger partial charge in [-0.05, 0) is 13.3 Å². The molecule has 1 aliphatic heterocycles. The molecule has 0 amide bonds. The van der Waals surface area contributed by atoms with E-state index in [-0.39, 0.29) is 6.10 Å². The molecule has 0 fully saturated rings. The van der Waals surface area contributed by atoms with E-state index in [1.807, 2.05) is 0 Å². The van der Waals surface area contributed by atoms with Crippen LogP contribution < -0.4 is 5.32 Å². The first-order valence-electron chi connectivity index (χ1n) is 3.74. The lowest BCUT2D eigenvalue weighted by atomic mass is 10.3. The number of nitrogens with zero attached hydrogens (tertiary/aromatic N) is 1. The van der Waals surface area contributed by atoms with Gasteiger partial charge in [-0.25, -0.2) is 0 Å². The lowest BCUT2D eigenvalue weighted by molar-refractivity contribution is 0.198. The molecule has 10 heavy (non-hydrogen) atoms. The van der Waals surface area contributed by atoms with E-state index in [4.69, 9.17) is 5.11 Å². The molecule has 3 heteroatoms. The largest absolute Gasteiger partial charge is 0.392 e. The predicted octanol–water partition coefficient (Wildman–Crippen LogP) is 0.149. The van der Waals surface area contributed by atoms with Crippen molar-refractivity contribution in [1.29, 1.82) is 0 Å². The number of nitrogens with one attached hydrogen (secondary N) is 1. The molecule has 0 bridgehead atoms. The zero-order chi connectivity index (χ0) is 7.40. The Balaban J connectivity index is 2.13. The second-order valence-electron chi connectivity index (χ2n) is 2.66. The molecule has 0 radical (unpaired) electrons. The molecule has 0 aromatic rings. The van der Waals surface area contributed by atoms with Gasteiger partial charge in [0.25, 0.3) is 0 Å². The SMILES string of the molecule is CC(O)CNC1=NCCC1. The number of aliphatic hydroxyl groups excluding tert-OH is 1. The molecule has 0 aromatic heterocycles. The summed E-state index contributed by atoms with van der Waals surface area (Å²) in [7, 11) is 0.